The molecule has 0 aromatic heterocycles. The van der Waals surface area contributed by atoms with Crippen molar-refractivity contribution in [2.24, 2.45) is 5.92 Å². The van der Waals surface area contributed by atoms with E-state index in [4.69, 9.17) is 5.11 Å². The lowest BCUT2D eigenvalue weighted by atomic mass is 9.99. The zero-order valence-corrected chi connectivity index (χ0v) is 12.6. The second kappa shape index (κ2) is 9.00. The van der Waals surface area contributed by atoms with E-state index in [2.05, 4.69) is 10.6 Å². The minimum Gasteiger partial charge on any atom is -0.480 e. The number of benzene rings is 1. The molecular weight excluding hydrogens is 268 g/mol. The van der Waals surface area contributed by atoms with Crippen molar-refractivity contribution >= 4 is 12.0 Å². The maximum Gasteiger partial charge on any atom is 0.326 e. The van der Waals surface area contributed by atoms with Crippen molar-refractivity contribution in [3.05, 3.63) is 35.9 Å². The summed E-state index contributed by atoms with van der Waals surface area (Å²) in [6.07, 6.45) is 2.40. The van der Waals surface area contributed by atoms with Crippen LogP contribution in [0.4, 0.5) is 4.79 Å². The lowest BCUT2D eigenvalue weighted by Gasteiger charge is -2.20. The van der Waals surface area contributed by atoms with E-state index in [9.17, 15) is 9.59 Å². The number of carbonyl (C=O) groups excluding carboxylic acids is 1. The monoisotopic (exact) mass is 292 g/mol. The Hall–Kier alpha value is -2.04. The maximum absolute atomic E-state index is 11.7. The van der Waals surface area contributed by atoms with Crippen LogP contribution in [0.2, 0.25) is 0 Å². The fourth-order valence-electron chi connectivity index (χ4n) is 2.01. The predicted molar refractivity (Wildman–Crippen MR) is 82.2 cm³/mol. The molecule has 0 bridgehead atoms. The molecule has 2 atom stereocenters. The van der Waals surface area contributed by atoms with E-state index < -0.39 is 18.0 Å². The fraction of sp³-hybridized carbons (Fsp3) is 0.500. The molecule has 1 aromatic carbocycles. The lowest BCUT2D eigenvalue weighted by molar-refractivity contribution is -0.140. The summed E-state index contributed by atoms with van der Waals surface area (Å²) in [4.78, 5) is 22.8. The van der Waals surface area contributed by atoms with Gasteiger partial charge in [-0.2, -0.15) is 0 Å². The Morgan fingerprint density at radius 1 is 1.24 bits per heavy atom. The Labute approximate surface area is 125 Å². The molecule has 0 spiro atoms. The largest absolute Gasteiger partial charge is 0.480 e. The van der Waals surface area contributed by atoms with Crippen molar-refractivity contribution < 1.29 is 14.7 Å². The summed E-state index contributed by atoms with van der Waals surface area (Å²) in [5, 5.41) is 14.3. The molecule has 0 aliphatic heterocycles. The van der Waals surface area contributed by atoms with Gasteiger partial charge >= 0.3 is 12.0 Å². The number of amides is 2. The number of carboxylic acids is 1. The Kier molecular flexibility index (Phi) is 7.29. The molecule has 0 saturated carbocycles. The van der Waals surface area contributed by atoms with Gasteiger partial charge in [0, 0.05) is 6.54 Å². The summed E-state index contributed by atoms with van der Waals surface area (Å²) >= 11 is 0. The second-order valence-electron chi connectivity index (χ2n) is 5.19. The molecule has 1 rings (SSSR count). The topological polar surface area (TPSA) is 78.4 Å². The van der Waals surface area contributed by atoms with Gasteiger partial charge in [0.05, 0.1) is 0 Å². The second-order valence-corrected chi connectivity index (χ2v) is 5.19. The SMILES string of the molecule is CC[C@@H](C)[C@H](NC(=O)NCCCc1ccccc1)C(=O)O. The van der Waals surface area contributed by atoms with Crippen LogP contribution in [0, 0.1) is 5.92 Å². The van der Waals surface area contributed by atoms with E-state index in [0.29, 0.717) is 13.0 Å². The molecule has 0 aliphatic rings. The van der Waals surface area contributed by atoms with Crippen molar-refractivity contribution in [2.75, 3.05) is 6.54 Å². The molecule has 1 aromatic rings. The van der Waals surface area contributed by atoms with Gasteiger partial charge in [0.15, 0.2) is 0 Å². The molecule has 21 heavy (non-hydrogen) atoms. The van der Waals surface area contributed by atoms with E-state index in [0.717, 1.165) is 12.8 Å². The van der Waals surface area contributed by atoms with Crippen LogP contribution in [-0.2, 0) is 11.2 Å². The van der Waals surface area contributed by atoms with Crippen LogP contribution in [-0.4, -0.2) is 29.7 Å². The van der Waals surface area contributed by atoms with Gasteiger partial charge < -0.3 is 15.7 Å². The van der Waals surface area contributed by atoms with Crippen LogP contribution in [0.5, 0.6) is 0 Å². The molecule has 0 unspecified atom stereocenters. The van der Waals surface area contributed by atoms with Crippen molar-refractivity contribution in [3.8, 4) is 0 Å². The number of hydrogen-bond acceptors (Lipinski definition) is 2. The van der Waals surface area contributed by atoms with Crippen LogP contribution in [0.3, 0.4) is 0 Å². The molecule has 0 saturated heterocycles. The normalized spacial score (nSPS) is 13.2. The summed E-state index contributed by atoms with van der Waals surface area (Å²) in [7, 11) is 0. The molecule has 116 valence electrons. The molecule has 0 fully saturated rings. The van der Waals surface area contributed by atoms with Gasteiger partial charge in [-0.05, 0) is 24.3 Å². The van der Waals surface area contributed by atoms with Gasteiger partial charge in [0.1, 0.15) is 6.04 Å². The zero-order chi connectivity index (χ0) is 15.7. The zero-order valence-electron chi connectivity index (χ0n) is 12.6. The summed E-state index contributed by atoms with van der Waals surface area (Å²) in [6, 6.07) is 8.76. The Morgan fingerprint density at radius 3 is 2.48 bits per heavy atom. The van der Waals surface area contributed by atoms with Crippen molar-refractivity contribution in [3.63, 3.8) is 0 Å². The highest BCUT2D eigenvalue weighted by molar-refractivity contribution is 5.82. The summed E-state index contributed by atoms with van der Waals surface area (Å²) in [5.41, 5.74) is 1.22. The molecule has 5 heteroatoms. The van der Waals surface area contributed by atoms with Gasteiger partial charge in [-0.25, -0.2) is 9.59 Å². The van der Waals surface area contributed by atoms with Crippen LogP contribution < -0.4 is 10.6 Å². The Morgan fingerprint density at radius 2 is 1.90 bits per heavy atom. The molecule has 0 heterocycles. The highest BCUT2D eigenvalue weighted by Gasteiger charge is 2.24. The molecule has 5 nitrogen and oxygen atoms in total. The number of aryl methyl sites for hydroxylation is 1. The van der Waals surface area contributed by atoms with Crippen LogP contribution >= 0.6 is 0 Å². The summed E-state index contributed by atoms with van der Waals surface area (Å²) in [6.45, 7) is 4.24. The molecule has 0 aliphatic carbocycles. The summed E-state index contributed by atoms with van der Waals surface area (Å²) in [5.74, 6) is -1.10. The molecule has 2 amide bonds. The van der Waals surface area contributed by atoms with E-state index in [1.807, 2.05) is 44.2 Å². The third-order valence-corrected chi connectivity index (χ3v) is 3.54. The van der Waals surface area contributed by atoms with Crippen LogP contribution in [0.15, 0.2) is 30.3 Å². The number of carbonyl (C=O) groups is 2. The highest BCUT2D eigenvalue weighted by atomic mass is 16.4. The minimum atomic E-state index is -0.996. The van der Waals surface area contributed by atoms with Gasteiger partial charge in [-0.15, -0.1) is 0 Å². The Bertz CT molecular complexity index is 448. The maximum atomic E-state index is 11.7. The molecule has 0 radical (unpaired) electrons. The predicted octanol–water partition coefficient (Wildman–Crippen LogP) is 2.42. The quantitative estimate of drug-likeness (QED) is 0.644. The number of urea groups is 1. The first kappa shape index (κ1) is 17.0. The standard InChI is InChI=1S/C16H24N2O3/c1-3-12(2)14(15(19)20)18-16(21)17-11-7-10-13-8-5-4-6-9-13/h4-6,8-9,12,14H,3,7,10-11H2,1-2H3,(H,19,20)(H2,17,18,21)/t12-,14+/m1/s1. The van der Waals surface area contributed by atoms with E-state index in [1.54, 1.807) is 0 Å². The first-order valence-electron chi connectivity index (χ1n) is 7.35. The number of aliphatic carboxylic acids is 1. The van der Waals surface area contributed by atoms with Crippen LogP contribution in [0.25, 0.3) is 0 Å². The molecular formula is C16H24N2O3. The summed E-state index contributed by atoms with van der Waals surface area (Å²) < 4.78 is 0. The van der Waals surface area contributed by atoms with Crippen LogP contribution in [0.1, 0.15) is 32.3 Å². The van der Waals surface area contributed by atoms with Gasteiger partial charge in [-0.3, -0.25) is 0 Å². The van der Waals surface area contributed by atoms with E-state index in [-0.39, 0.29) is 5.92 Å². The minimum absolute atomic E-state index is 0.0995. The van der Waals surface area contributed by atoms with E-state index in [1.165, 1.54) is 5.56 Å². The number of carboxylic acid groups (broad SMARTS) is 1. The number of nitrogens with one attached hydrogen (secondary N) is 2. The van der Waals surface area contributed by atoms with Crippen molar-refractivity contribution in [2.45, 2.75) is 39.2 Å². The van der Waals surface area contributed by atoms with E-state index >= 15 is 0 Å². The Balaban J connectivity index is 2.28. The lowest BCUT2D eigenvalue weighted by Crippen LogP contribution is -2.49. The van der Waals surface area contributed by atoms with Gasteiger partial charge in [0.2, 0.25) is 0 Å². The smallest absolute Gasteiger partial charge is 0.326 e. The number of rotatable bonds is 8. The highest BCUT2D eigenvalue weighted by Crippen LogP contribution is 2.07. The van der Waals surface area contributed by atoms with Gasteiger partial charge in [0.25, 0.3) is 0 Å². The first-order valence-corrected chi connectivity index (χ1v) is 7.35. The van der Waals surface area contributed by atoms with Gasteiger partial charge in [-0.1, -0.05) is 50.6 Å². The first-order chi connectivity index (χ1) is 10.0. The molecule has 3 N–H and O–H groups in total. The fourth-order valence-corrected chi connectivity index (χ4v) is 2.01. The average molecular weight is 292 g/mol. The van der Waals surface area contributed by atoms with Crippen molar-refractivity contribution in [1.29, 1.82) is 0 Å². The average Bonchev–Trinajstić information content (AvgIpc) is 2.49. The third kappa shape index (κ3) is 6.29. The number of hydrogen-bond donors (Lipinski definition) is 3. The third-order valence-electron chi connectivity index (χ3n) is 3.54. The van der Waals surface area contributed by atoms with Crippen molar-refractivity contribution in [1.82, 2.24) is 10.6 Å².